The van der Waals surface area contributed by atoms with Crippen LogP contribution in [0.5, 0.6) is 0 Å². The lowest BCUT2D eigenvalue weighted by Gasteiger charge is -2.39. The summed E-state index contributed by atoms with van der Waals surface area (Å²) in [6.07, 6.45) is 42.7. The van der Waals surface area contributed by atoms with Gasteiger partial charge in [-0.25, -0.2) is 0 Å². The molecule has 2 nitrogen and oxygen atoms in total. The Hall–Kier alpha value is -4.04. The predicted molar refractivity (Wildman–Crippen MR) is 177 cm³/mol. The third-order valence-electron chi connectivity index (χ3n) is 9.90. The van der Waals surface area contributed by atoms with E-state index in [0.717, 1.165) is 44.2 Å². The summed E-state index contributed by atoms with van der Waals surface area (Å²) in [4.78, 5) is 5.43. The molecule has 0 amide bonds. The van der Waals surface area contributed by atoms with Crippen molar-refractivity contribution in [1.29, 1.82) is 5.41 Å². The minimum absolute atomic E-state index is 0.256. The van der Waals surface area contributed by atoms with Crippen molar-refractivity contribution in [2.45, 2.75) is 38.5 Å². The third-order valence-corrected chi connectivity index (χ3v) is 9.90. The number of hydrogen-bond acceptors (Lipinski definition) is 2. The highest BCUT2D eigenvalue weighted by atomic mass is 14.8. The molecule has 6 aliphatic rings. The number of benzene rings is 1. The topological polar surface area (TPSA) is 36.2 Å². The molecule has 0 radical (unpaired) electrons. The lowest BCUT2D eigenvalue weighted by molar-refractivity contribution is 0.443. The van der Waals surface area contributed by atoms with Crippen LogP contribution in [0.4, 0.5) is 0 Å². The average Bonchev–Trinajstić information content (AvgIpc) is 3.07. The van der Waals surface area contributed by atoms with Crippen LogP contribution in [0.15, 0.2) is 155 Å². The van der Waals surface area contributed by atoms with E-state index in [2.05, 4.69) is 128 Å². The maximum absolute atomic E-state index is 9.03. The highest BCUT2D eigenvalue weighted by Gasteiger charge is 2.37. The Morgan fingerprint density at radius 2 is 1.74 bits per heavy atom. The summed E-state index contributed by atoms with van der Waals surface area (Å²) in [7, 11) is 0. The van der Waals surface area contributed by atoms with Crippen molar-refractivity contribution < 1.29 is 0 Å². The van der Waals surface area contributed by atoms with Gasteiger partial charge in [0.05, 0.1) is 5.70 Å². The Balaban J connectivity index is 1.21. The van der Waals surface area contributed by atoms with Crippen molar-refractivity contribution in [3.8, 4) is 0 Å². The van der Waals surface area contributed by atoms with Crippen molar-refractivity contribution in [2.24, 2.45) is 40.5 Å². The standard InChI is InChI=1S/C40H40N2/c41-38(30-17-9-3-10-18-30)26-36(28-13-5-1-6-14-28)33-21-23-34-32(25-33)22-24-35-37(29-15-7-2-8-16-29)27-39(42-40(34)35)31-19-11-4-12-20-31/h1-9,11-13,15,17,19-25,28-29,32,34,36-37,41H,10,14,16,18,26-27H2. The second kappa shape index (κ2) is 12.1. The van der Waals surface area contributed by atoms with Gasteiger partial charge in [0.1, 0.15) is 0 Å². The van der Waals surface area contributed by atoms with Crippen LogP contribution < -0.4 is 0 Å². The van der Waals surface area contributed by atoms with E-state index >= 15 is 0 Å². The van der Waals surface area contributed by atoms with E-state index in [4.69, 9.17) is 10.4 Å². The Morgan fingerprint density at radius 1 is 0.881 bits per heavy atom. The van der Waals surface area contributed by atoms with Crippen LogP contribution in [0.2, 0.25) is 0 Å². The molecule has 0 spiro atoms. The Kier molecular flexibility index (Phi) is 7.70. The summed E-state index contributed by atoms with van der Waals surface area (Å²) in [5.41, 5.74) is 8.54. The smallest absolute Gasteiger partial charge is 0.0519 e. The SMILES string of the molecule is N=C(CC(C1=CC2C=CC3=C(N=C(c4ccccc4)CC3C3C=CC=CC3)C2C=C1)C1C=CC=CC1)C1=CC=CCC1. The minimum atomic E-state index is 0.256. The molecule has 1 heterocycles. The number of fused-ring (bicyclic) bond motifs is 2. The quantitative estimate of drug-likeness (QED) is 0.329. The summed E-state index contributed by atoms with van der Waals surface area (Å²) < 4.78 is 0. The molecule has 1 aromatic carbocycles. The van der Waals surface area contributed by atoms with E-state index in [-0.39, 0.29) is 5.92 Å². The molecule has 1 aliphatic heterocycles. The second-order valence-electron chi connectivity index (χ2n) is 12.4. The molecule has 42 heavy (non-hydrogen) atoms. The van der Waals surface area contributed by atoms with Gasteiger partial charge >= 0.3 is 0 Å². The van der Waals surface area contributed by atoms with Crippen molar-refractivity contribution in [3.05, 3.63) is 156 Å². The van der Waals surface area contributed by atoms with Gasteiger partial charge in [0, 0.05) is 23.3 Å². The number of rotatable bonds is 7. The molecule has 0 aromatic heterocycles. The van der Waals surface area contributed by atoms with Crippen LogP contribution in [-0.4, -0.2) is 11.4 Å². The van der Waals surface area contributed by atoms with Gasteiger partial charge in [-0.15, -0.1) is 0 Å². The molecule has 6 atom stereocenters. The monoisotopic (exact) mass is 548 g/mol. The third kappa shape index (κ3) is 5.43. The molecule has 0 saturated carbocycles. The first-order chi connectivity index (χ1) is 20.7. The van der Waals surface area contributed by atoms with Gasteiger partial charge in [-0.05, 0) is 84.5 Å². The number of nitrogens with one attached hydrogen (secondary N) is 1. The van der Waals surface area contributed by atoms with Gasteiger partial charge in [-0.1, -0.05) is 128 Å². The first kappa shape index (κ1) is 26.8. The molecule has 0 fully saturated rings. The lowest BCUT2D eigenvalue weighted by atomic mass is 9.68. The van der Waals surface area contributed by atoms with Crippen molar-refractivity contribution in [3.63, 3.8) is 0 Å². The molecule has 0 bridgehead atoms. The molecule has 6 unspecified atom stereocenters. The number of hydrogen-bond donors (Lipinski definition) is 1. The van der Waals surface area contributed by atoms with Gasteiger partial charge < -0.3 is 5.41 Å². The van der Waals surface area contributed by atoms with Crippen LogP contribution in [0, 0.1) is 40.9 Å². The summed E-state index contributed by atoms with van der Waals surface area (Å²) in [5.74, 6) is 2.20. The maximum Gasteiger partial charge on any atom is 0.0519 e. The van der Waals surface area contributed by atoms with Crippen LogP contribution in [0.3, 0.4) is 0 Å². The van der Waals surface area contributed by atoms with E-state index in [0.29, 0.717) is 29.6 Å². The fourth-order valence-electron chi connectivity index (χ4n) is 7.59. The normalized spacial score (nSPS) is 29.9. The van der Waals surface area contributed by atoms with Crippen molar-refractivity contribution >= 4 is 11.4 Å². The zero-order valence-corrected chi connectivity index (χ0v) is 24.3. The fourth-order valence-corrected chi connectivity index (χ4v) is 7.59. The van der Waals surface area contributed by atoms with E-state index in [1.54, 1.807) is 0 Å². The van der Waals surface area contributed by atoms with Crippen LogP contribution >= 0.6 is 0 Å². The van der Waals surface area contributed by atoms with Gasteiger partial charge in [0.25, 0.3) is 0 Å². The Bertz CT molecular complexity index is 1560. The summed E-state index contributed by atoms with van der Waals surface area (Å²) in [6, 6.07) is 10.8. The average molecular weight is 549 g/mol. The summed E-state index contributed by atoms with van der Waals surface area (Å²) in [6.45, 7) is 0. The lowest BCUT2D eigenvalue weighted by Crippen LogP contribution is -2.30. The number of nitrogens with zero attached hydrogens (tertiary/aromatic N) is 1. The van der Waals surface area contributed by atoms with Gasteiger partial charge in [0.2, 0.25) is 0 Å². The first-order valence-electron chi connectivity index (χ1n) is 15.8. The highest BCUT2D eigenvalue weighted by molar-refractivity contribution is 6.02. The summed E-state index contributed by atoms with van der Waals surface area (Å²) >= 11 is 0. The molecule has 0 saturated heterocycles. The van der Waals surface area contributed by atoms with Crippen LogP contribution in [0.25, 0.3) is 0 Å². The highest BCUT2D eigenvalue weighted by Crippen LogP contribution is 2.47. The van der Waals surface area contributed by atoms with E-state index in [1.807, 2.05) is 0 Å². The summed E-state index contributed by atoms with van der Waals surface area (Å²) in [5, 5.41) is 9.03. The first-order valence-corrected chi connectivity index (χ1v) is 15.8. The molecule has 2 heteroatoms. The largest absolute Gasteiger partial charge is 0.305 e. The molecule has 5 aliphatic carbocycles. The predicted octanol–water partition coefficient (Wildman–Crippen LogP) is 9.62. The molecule has 1 N–H and O–H groups in total. The molecule has 1 aromatic rings. The van der Waals surface area contributed by atoms with Gasteiger partial charge in [0.15, 0.2) is 0 Å². The molecule has 210 valence electrons. The molecular weight excluding hydrogens is 508 g/mol. The second-order valence-corrected chi connectivity index (χ2v) is 12.4. The van der Waals surface area contributed by atoms with Crippen LogP contribution in [-0.2, 0) is 0 Å². The Labute approximate surface area is 250 Å². The molecular formula is C40H40N2. The zero-order valence-electron chi connectivity index (χ0n) is 24.3. The van der Waals surface area contributed by atoms with E-state index in [1.165, 1.54) is 33.7 Å². The van der Waals surface area contributed by atoms with E-state index in [9.17, 15) is 0 Å². The van der Waals surface area contributed by atoms with Crippen molar-refractivity contribution in [2.75, 3.05) is 0 Å². The number of allylic oxidation sites excluding steroid dienone is 19. The maximum atomic E-state index is 9.03. The molecule has 7 rings (SSSR count). The van der Waals surface area contributed by atoms with Gasteiger partial charge in [-0.2, -0.15) is 0 Å². The fraction of sp³-hybridized carbons (Fsp3) is 0.300. The van der Waals surface area contributed by atoms with Crippen LogP contribution in [0.1, 0.15) is 44.1 Å². The zero-order chi connectivity index (χ0) is 28.3. The Morgan fingerprint density at radius 3 is 2.50 bits per heavy atom. The van der Waals surface area contributed by atoms with E-state index < -0.39 is 0 Å². The van der Waals surface area contributed by atoms with Crippen molar-refractivity contribution in [1.82, 2.24) is 0 Å². The number of aliphatic imine (C=N–C) groups is 1. The minimum Gasteiger partial charge on any atom is -0.305 e. The van der Waals surface area contributed by atoms with Gasteiger partial charge in [-0.3, -0.25) is 4.99 Å².